The van der Waals surface area contributed by atoms with E-state index in [0.717, 1.165) is 20.1 Å². The molecule has 0 aliphatic carbocycles. The highest BCUT2D eigenvalue weighted by Crippen LogP contribution is 2.37. The summed E-state index contributed by atoms with van der Waals surface area (Å²) in [7, 11) is -1.82. The molecular formula is C22H30Br2F2O2Si. The van der Waals surface area contributed by atoms with Crippen molar-refractivity contribution in [3.63, 3.8) is 0 Å². The van der Waals surface area contributed by atoms with Crippen LogP contribution in [0, 0.1) is 25.5 Å². The number of rotatable bonds is 4. The van der Waals surface area contributed by atoms with Gasteiger partial charge in [-0.2, -0.15) is 0 Å². The number of aliphatic hydroxyl groups is 1. The predicted octanol–water partition coefficient (Wildman–Crippen LogP) is 7.81. The second-order valence-corrected chi connectivity index (χ2v) is 15.1. The second-order valence-electron chi connectivity index (χ2n) is 8.59. The monoisotopic (exact) mass is 550 g/mol. The molecule has 0 unspecified atom stereocenters. The summed E-state index contributed by atoms with van der Waals surface area (Å²) in [4.78, 5) is 0. The highest BCUT2D eigenvalue weighted by atomic mass is 79.9. The first kappa shape index (κ1) is 26.4. The minimum atomic E-state index is -1.82. The fraction of sp³-hybridized carbons (Fsp3) is 0.455. The van der Waals surface area contributed by atoms with Crippen molar-refractivity contribution >= 4 is 40.2 Å². The van der Waals surface area contributed by atoms with Crippen LogP contribution in [0.4, 0.5) is 8.78 Å². The van der Waals surface area contributed by atoms with Crippen molar-refractivity contribution in [1.29, 1.82) is 0 Å². The van der Waals surface area contributed by atoms with E-state index >= 15 is 0 Å². The Kier molecular flexibility index (Phi) is 9.68. The number of aliphatic hydroxyl groups excluding tert-OH is 1. The van der Waals surface area contributed by atoms with Crippen molar-refractivity contribution in [3.8, 4) is 0 Å². The Bertz CT molecular complexity index is 850. The molecule has 0 atom stereocenters. The van der Waals surface area contributed by atoms with Gasteiger partial charge in [0.2, 0.25) is 0 Å². The summed E-state index contributed by atoms with van der Waals surface area (Å²) in [6.45, 7) is 14.7. The summed E-state index contributed by atoms with van der Waals surface area (Å²) >= 11 is 6.67. The molecule has 0 fully saturated rings. The Morgan fingerprint density at radius 1 is 0.897 bits per heavy atom. The third-order valence-electron chi connectivity index (χ3n) is 5.22. The maximum Gasteiger partial charge on any atom is 0.192 e. The molecule has 0 aromatic heterocycles. The van der Waals surface area contributed by atoms with E-state index < -0.39 is 8.32 Å². The zero-order chi connectivity index (χ0) is 22.6. The summed E-state index contributed by atoms with van der Waals surface area (Å²) in [5.74, 6) is -0.539. The number of hydrogen-bond donors (Lipinski definition) is 1. The van der Waals surface area contributed by atoms with E-state index in [-0.39, 0.29) is 23.3 Å². The molecule has 0 aliphatic rings. The summed E-state index contributed by atoms with van der Waals surface area (Å²) in [6.07, 6.45) is 0. The maximum absolute atomic E-state index is 13.8. The second kappa shape index (κ2) is 10.6. The van der Waals surface area contributed by atoms with Gasteiger partial charge in [-0.15, -0.1) is 0 Å². The standard InChI is InChI=1S/C14H22BrFOSi.C8H8BrFO/c1-10-7-13(16)11(8-12(10)15)9-17-18(5,6)14(2,3)4;1-5-2-8(10)6(4-11)3-7(5)9/h7-8H,9H2,1-6H3;2-3,11H,4H2,1H3. The molecule has 2 aromatic rings. The summed E-state index contributed by atoms with van der Waals surface area (Å²) in [5, 5.41) is 8.82. The lowest BCUT2D eigenvalue weighted by atomic mass is 10.1. The van der Waals surface area contributed by atoms with Crippen LogP contribution in [0.1, 0.15) is 43.0 Å². The number of halogens is 4. The van der Waals surface area contributed by atoms with Crippen LogP contribution in [-0.4, -0.2) is 13.4 Å². The highest BCUT2D eigenvalue weighted by molar-refractivity contribution is 9.10. The lowest BCUT2D eigenvalue weighted by Crippen LogP contribution is -2.40. The molecule has 2 rings (SSSR count). The van der Waals surface area contributed by atoms with Gasteiger partial charge in [-0.05, 0) is 67.4 Å². The van der Waals surface area contributed by atoms with E-state index in [1.54, 1.807) is 19.1 Å². The Balaban J connectivity index is 0.000000326. The molecule has 0 spiro atoms. The molecule has 0 aliphatic heterocycles. The average Bonchev–Trinajstić information content (AvgIpc) is 2.59. The number of aryl methyl sites for hydroxylation is 2. The van der Waals surface area contributed by atoms with E-state index in [1.165, 1.54) is 6.07 Å². The van der Waals surface area contributed by atoms with Crippen LogP contribution in [0.3, 0.4) is 0 Å². The molecular weight excluding hydrogens is 522 g/mol. The summed E-state index contributed by atoms with van der Waals surface area (Å²) < 4.78 is 34.5. The maximum atomic E-state index is 13.8. The normalized spacial score (nSPS) is 11.9. The minimum absolute atomic E-state index is 0.144. The first-order valence-electron chi connectivity index (χ1n) is 9.33. The molecule has 7 heteroatoms. The number of benzene rings is 2. The molecule has 0 bridgehead atoms. The summed E-state index contributed by atoms with van der Waals surface area (Å²) in [5.41, 5.74) is 2.68. The van der Waals surface area contributed by atoms with E-state index in [2.05, 4.69) is 65.7 Å². The van der Waals surface area contributed by atoms with Crippen LogP contribution >= 0.6 is 31.9 Å². The molecule has 0 saturated carbocycles. The van der Waals surface area contributed by atoms with Crippen molar-refractivity contribution in [1.82, 2.24) is 0 Å². The van der Waals surface area contributed by atoms with Crippen molar-refractivity contribution in [2.24, 2.45) is 0 Å². The number of hydrogen-bond acceptors (Lipinski definition) is 2. The fourth-order valence-corrected chi connectivity index (χ4v) is 3.81. The summed E-state index contributed by atoms with van der Waals surface area (Å²) in [6, 6.07) is 6.35. The van der Waals surface area contributed by atoms with Crippen molar-refractivity contribution in [2.75, 3.05) is 0 Å². The topological polar surface area (TPSA) is 29.5 Å². The Labute approximate surface area is 191 Å². The van der Waals surface area contributed by atoms with Gasteiger partial charge in [0.25, 0.3) is 0 Å². The van der Waals surface area contributed by atoms with Gasteiger partial charge in [-0.25, -0.2) is 8.78 Å². The van der Waals surface area contributed by atoms with Crippen LogP contribution in [0.5, 0.6) is 0 Å². The van der Waals surface area contributed by atoms with E-state index in [4.69, 9.17) is 9.53 Å². The van der Waals surface area contributed by atoms with E-state index in [1.807, 2.05) is 13.0 Å². The van der Waals surface area contributed by atoms with Crippen LogP contribution in [0.15, 0.2) is 33.2 Å². The highest BCUT2D eigenvalue weighted by Gasteiger charge is 2.37. The molecule has 29 heavy (non-hydrogen) atoms. The van der Waals surface area contributed by atoms with Gasteiger partial charge in [-0.1, -0.05) is 52.6 Å². The van der Waals surface area contributed by atoms with Gasteiger partial charge in [0.1, 0.15) is 11.6 Å². The Hall–Kier alpha value is -0.603. The van der Waals surface area contributed by atoms with Gasteiger partial charge < -0.3 is 9.53 Å². The van der Waals surface area contributed by atoms with Crippen molar-refractivity contribution in [2.45, 2.75) is 66.0 Å². The molecule has 0 saturated heterocycles. The third kappa shape index (κ3) is 7.54. The lowest BCUT2D eigenvalue weighted by molar-refractivity contribution is 0.271. The Morgan fingerprint density at radius 3 is 1.72 bits per heavy atom. The van der Waals surface area contributed by atoms with Gasteiger partial charge in [0.15, 0.2) is 8.32 Å². The van der Waals surface area contributed by atoms with E-state index in [9.17, 15) is 8.78 Å². The van der Waals surface area contributed by atoms with Crippen molar-refractivity contribution in [3.05, 3.63) is 67.1 Å². The minimum Gasteiger partial charge on any atom is -0.412 e. The van der Waals surface area contributed by atoms with Crippen LogP contribution in [0.25, 0.3) is 0 Å². The average molecular weight is 552 g/mol. The van der Waals surface area contributed by atoms with Gasteiger partial charge in [0.05, 0.1) is 13.2 Å². The first-order chi connectivity index (χ1) is 13.2. The fourth-order valence-electron chi connectivity index (χ4n) is 2.08. The SMILES string of the molecule is Cc1cc(F)c(CO)cc1Br.Cc1cc(F)c(CO[Si](C)(C)C(C)(C)C)cc1Br. The zero-order valence-electron chi connectivity index (χ0n) is 18.1. The van der Waals surface area contributed by atoms with Gasteiger partial charge in [-0.3, -0.25) is 0 Å². The molecule has 1 N–H and O–H groups in total. The lowest BCUT2D eigenvalue weighted by Gasteiger charge is -2.36. The molecule has 0 heterocycles. The van der Waals surface area contributed by atoms with Gasteiger partial charge >= 0.3 is 0 Å². The van der Waals surface area contributed by atoms with Crippen molar-refractivity contribution < 1.29 is 18.3 Å². The third-order valence-corrected chi connectivity index (χ3v) is 11.4. The predicted molar refractivity (Wildman–Crippen MR) is 126 cm³/mol. The molecule has 0 amide bonds. The first-order valence-corrected chi connectivity index (χ1v) is 13.8. The molecule has 0 radical (unpaired) electrons. The smallest absolute Gasteiger partial charge is 0.192 e. The molecule has 2 nitrogen and oxygen atoms in total. The Morgan fingerprint density at radius 2 is 1.31 bits per heavy atom. The van der Waals surface area contributed by atoms with Crippen LogP contribution in [-0.2, 0) is 17.6 Å². The quantitative estimate of drug-likeness (QED) is 0.392. The molecule has 2 aromatic carbocycles. The zero-order valence-corrected chi connectivity index (χ0v) is 22.3. The largest absolute Gasteiger partial charge is 0.412 e. The van der Waals surface area contributed by atoms with Crippen LogP contribution < -0.4 is 0 Å². The molecule has 162 valence electrons. The van der Waals surface area contributed by atoms with Crippen LogP contribution in [0.2, 0.25) is 18.1 Å². The van der Waals surface area contributed by atoms with E-state index in [0.29, 0.717) is 17.7 Å². The van der Waals surface area contributed by atoms with Gasteiger partial charge in [0, 0.05) is 20.1 Å².